The second-order valence-corrected chi connectivity index (χ2v) is 8.75. The Morgan fingerprint density at radius 3 is 2.53 bits per heavy atom. The van der Waals surface area contributed by atoms with Crippen molar-refractivity contribution in [3.63, 3.8) is 0 Å². The number of aryl methyl sites for hydroxylation is 1. The molecule has 10 nitrogen and oxygen atoms in total. The minimum Gasteiger partial charge on any atom is -0.477 e. The molecule has 1 aromatic rings. The van der Waals surface area contributed by atoms with E-state index < -0.39 is 18.0 Å². The highest BCUT2D eigenvalue weighted by Gasteiger charge is 2.59. The second kappa shape index (κ2) is 8.87. The van der Waals surface area contributed by atoms with Crippen molar-refractivity contribution in [2.75, 3.05) is 20.1 Å². The molecule has 0 radical (unpaired) electrons. The maximum Gasteiger partial charge on any atom is 0.352 e. The Bertz CT molecular complexity index is 1040. The van der Waals surface area contributed by atoms with Crippen LogP contribution in [0.5, 0.6) is 0 Å². The van der Waals surface area contributed by atoms with Gasteiger partial charge in [-0.15, -0.1) is 0 Å². The fourth-order valence-electron chi connectivity index (χ4n) is 4.69. The Hall–Kier alpha value is -2.98. The van der Waals surface area contributed by atoms with Crippen LogP contribution in [-0.2, 0) is 9.59 Å². The summed E-state index contributed by atoms with van der Waals surface area (Å²) >= 11 is 0. The molecule has 0 aromatic carbocycles. The molecule has 1 saturated heterocycles. The van der Waals surface area contributed by atoms with E-state index in [9.17, 15) is 34.6 Å². The van der Waals surface area contributed by atoms with Gasteiger partial charge in [-0.1, -0.05) is 6.92 Å². The first-order valence-corrected chi connectivity index (χ1v) is 10.6. The van der Waals surface area contributed by atoms with Crippen LogP contribution >= 0.6 is 0 Å². The van der Waals surface area contributed by atoms with E-state index in [1.807, 2.05) is 11.8 Å². The van der Waals surface area contributed by atoms with Gasteiger partial charge in [0.2, 0.25) is 5.91 Å². The lowest BCUT2D eigenvalue weighted by Gasteiger charge is -2.46. The molecule has 0 unspecified atom stereocenters. The summed E-state index contributed by atoms with van der Waals surface area (Å²) in [5, 5.41) is 29.5. The van der Waals surface area contributed by atoms with Crippen molar-refractivity contribution in [2.45, 2.75) is 45.8 Å². The number of aliphatic hydroxyl groups excluding tert-OH is 1. The molecule has 3 rings (SSSR count). The van der Waals surface area contributed by atoms with Crippen molar-refractivity contribution in [3.05, 3.63) is 45.0 Å². The number of aliphatic hydroxyl groups is 1. The monoisotopic (exact) mass is 447 g/mol. The first-order chi connectivity index (χ1) is 15.0. The quantitative estimate of drug-likeness (QED) is 0.282. The number of hydrogen-bond acceptors (Lipinski definition) is 7. The van der Waals surface area contributed by atoms with Gasteiger partial charge in [-0.05, 0) is 39.4 Å². The van der Waals surface area contributed by atoms with Crippen molar-refractivity contribution < 1.29 is 29.8 Å². The Balaban J connectivity index is 1.63. The average molecular weight is 447 g/mol. The summed E-state index contributed by atoms with van der Waals surface area (Å²) in [6, 6.07) is 0.757. The summed E-state index contributed by atoms with van der Waals surface area (Å²) in [7, 11) is 1.79. The highest BCUT2D eigenvalue weighted by molar-refractivity contribution is 6.00. The molecule has 4 atom stereocenters. The molecule has 2 aliphatic heterocycles. The lowest BCUT2D eigenvalue weighted by atomic mass is 9.77. The molecule has 1 fully saturated rings. The summed E-state index contributed by atoms with van der Waals surface area (Å²) in [6.45, 7) is 5.71. The van der Waals surface area contributed by atoms with E-state index in [0.717, 1.165) is 6.07 Å². The topological polar surface area (TPSA) is 140 Å². The van der Waals surface area contributed by atoms with Crippen molar-refractivity contribution in [1.82, 2.24) is 14.5 Å². The van der Waals surface area contributed by atoms with Crippen LogP contribution in [0.25, 0.3) is 0 Å². The zero-order chi connectivity index (χ0) is 23.9. The molecule has 174 valence electrons. The summed E-state index contributed by atoms with van der Waals surface area (Å²) in [5.41, 5.74) is 0.536. The van der Waals surface area contributed by atoms with E-state index >= 15 is 0 Å². The smallest absolute Gasteiger partial charge is 0.352 e. The number of aliphatic carboxylic acids is 1. The van der Waals surface area contributed by atoms with Crippen LogP contribution in [0.3, 0.4) is 0 Å². The van der Waals surface area contributed by atoms with Gasteiger partial charge in [0.1, 0.15) is 11.4 Å². The number of carbonyl (C=O) groups excluding carboxylic acids is 2. The predicted octanol–water partition coefficient (Wildman–Crippen LogP) is 0.485. The predicted molar refractivity (Wildman–Crippen MR) is 113 cm³/mol. The lowest BCUT2D eigenvalue weighted by Crippen LogP contribution is -2.63. The Morgan fingerprint density at radius 1 is 1.28 bits per heavy atom. The van der Waals surface area contributed by atoms with Crippen LogP contribution in [0.15, 0.2) is 28.3 Å². The van der Waals surface area contributed by atoms with Gasteiger partial charge in [0, 0.05) is 30.5 Å². The zero-order valence-electron chi connectivity index (χ0n) is 18.6. The third-order valence-electron chi connectivity index (χ3n) is 6.41. The van der Waals surface area contributed by atoms with Gasteiger partial charge in [0.05, 0.1) is 24.3 Å². The maximum atomic E-state index is 12.4. The van der Waals surface area contributed by atoms with E-state index in [2.05, 4.69) is 0 Å². The highest BCUT2D eigenvalue weighted by atomic mass is 16.5. The Kier molecular flexibility index (Phi) is 6.56. The van der Waals surface area contributed by atoms with Crippen molar-refractivity contribution in [2.24, 2.45) is 11.8 Å². The van der Waals surface area contributed by atoms with Gasteiger partial charge in [0.25, 0.3) is 0 Å². The first kappa shape index (κ1) is 23.7. The maximum absolute atomic E-state index is 12.4. The summed E-state index contributed by atoms with van der Waals surface area (Å²) in [6.07, 6.45) is 0.888. The van der Waals surface area contributed by atoms with Crippen LogP contribution in [0.2, 0.25) is 0 Å². The molecule has 10 heteroatoms. The van der Waals surface area contributed by atoms with E-state index in [0.29, 0.717) is 35.4 Å². The molecule has 0 spiro atoms. The molecular weight excluding hydrogens is 418 g/mol. The number of Topliss-reactive ketones (excluding diaryl/α,β-unsaturated/α-hetero) is 1. The first-order valence-electron chi connectivity index (χ1n) is 10.6. The van der Waals surface area contributed by atoms with Crippen LogP contribution < -0.4 is 5.43 Å². The largest absolute Gasteiger partial charge is 0.477 e. The molecule has 0 aliphatic carbocycles. The highest BCUT2D eigenvalue weighted by Crippen LogP contribution is 2.47. The van der Waals surface area contributed by atoms with E-state index in [1.165, 1.54) is 18.0 Å². The summed E-state index contributed by atoms with van der Waals surface area (Å²) in [4.78, 5) is 51.6. The summed E-state index contributed by atoms with van der Waals surface area (Å²) in [5.74, 6) is -2.72. The fourth-order valence-corrected chi connectivity index (χ4v) is 4.69. The van der Waals surface area contributed by atoms with E-state index in [1.54, 1.807) is 14.0 Å². The van der Waals surface area contributed by atoms with Gasteiger partial charge in [0.15, 0.2) is 11.2 Å². The van der Waals surface area contributed by atoms with E-state index in [4.69, 9.17) is 0 Å². The minimum atomic E-state index is -1.17. The third kappa shape index (κ3) is 4.07. The number of likely N-dealkylation sites (N-methyl/N-ethyl adjacent to an activating group) is 1. The number of rotatable bonds is 9. The Morgan fingerprint density at radius 2 is 1.94 bits per heavy atom. The van der Waals surface area contributed by atoms with Crippen molar-refractivity contribution >= 4 is 17.7 Å². The van der Waals surface area contributed by atoms with Crippen LogP contribution in [0.1, 0.15) is 42.7 Å². The third-order valence-corrected chi connectivity index (χ3v) is 6.41. The van der Waals surface area contributed by atoms with Crippen LogP contribution in [0.4, 0.5) is 0 Å². The van der Waals surface area contributed by atoms with E-state index in [-0.39, 0.29) is 46.9 Å². The number of carboxylic acid groups (broad SMARTS) is 1. The van der Waals surface area contributed by atoms with Gasteiger partial charge >= 0.3 is 5.97 Å². The zero-order valence-corrected chi connectivity index (χ0v) is 18.6. The molecule has 2 aliphatic rings. The molecular formula is C22H29N3O7. The number of carboxylic acids is 1. The van der Waals surface area contributed by atoms with Crippen LogP contribution in [0, 0.1) is 18.8 Å². The molecule has 0 saturated carbocycles. The number of nitrogens with zero attached hydrogens (tertiary/aromatic N) is 3. The lowest BCUT2D eigenvalue weighted by molar-refractivity contribution is -0.163. The van der Waals surface area contributed by atoms with Gasteiger partial charge < -0.3 is 25.2 Å². The van der Waals surface area contributed by atoms with Crippen molar-refractivity contribution in [3.8, 4) is 0 Å². The number of ketones is 1. The van der Waals surface area contributed by atoms with Crippen molar-refractivity contribution in [1.29, 1.82) is 0 Å². The minimum absolute atomic E-state index is 0.0173. The van der Waals surface area contributed by atoms with Gasteiger partial charge in [-0.25, -0.2) is 4.79 Å². The number of β-lactam (4-membered cyclic amide) rings is 1. The fraction of sp³-hybridized carbons (Fsp3) is 0.545. The molecule has 0 bridgehead atoms. The number of aromatic nitrogens is 1. The summed E-state index contributed by atoms with van der Waals surface area (Å²) < 4.78 is 0.659. The Labute approximate surface area is 185 Å². The molecule has 32 heavy (non-hydrogen) atoms. The molecule has 1 aromatic heterocycles. The molecule has 3 N–H and O–H groups in total. The van der Waals surface area contributed by atoms with Gasteiger partial charge in [-0.3, -0.25) is 14.4 Å². The number of carbonyl (C=O) groups is 3. The number of hydrogen-bond donors (Lipinski definition) is 3. The number of amides is 1. The SMILES string of the molecule is Cc1cn(O)c(C(=O)CCCN(C)CC2=C(C(=O)O)N3C(=O)[C@H]([C@@H](C)O)[C@H]3[C@H]2C)cc1=O. The van der Waals surface area contributed by atoms with Crippen LogP contribution in [-0.4, -0.2) is 79.9 Å². The second-order valence-electron chi connectivity index (χ2n) is 8.75. The number of fused-ring (bicyclic) bond motifs is 1. The normalized spacial score (nSPS) is 23.4. The number of pyridine rings is 1. The van der Waals surface area contributed by atoms with Gasteiger partial charge in [-0.2, -0.15) is 4.73 Å². The molecule has 3 heterocycles. The average Bonchev–Trinajstić information content (AvgIpc) is 2.93. The molecule has 1 amide bonds. The standard InChI is InChI=1S/C22H29N3O7/c1-11-9-24(32)15(8-17(11)28)16(27)6-5-7-23(4)10-14-12(2)19-18(13(3)26)21(29)25(19)20(14)22(30)31/h8-9,12-13,18-19,26,32H,5-7,10H2,1-4H3,(H,30,31)/t12-,13+,18+,19+/m0/s1.